The van der Waals surface area contributed by atoms with Crippen molar-refractivity contribution in [2.24, 2.45) is 7.05 Å². The number of hydrogen-bond donors (Lipinski definition) is 0. The zero-order chi connectivity index (χ0) is 12.0. The van der Waals surface area contributed by atoms with Crippen molar-refractivity contribution < 1.29 is 0 Å². The van der Waals surface area contributed by atoms with E-state index in [0.29, 0.717) is 0 Å². The van der Waals surface area contributed by atoms with Crippen LogP contribution in [-0.2, 0) is 7.05 Å². The second-order valence-corrected chi connectivity index (χ2v) is 4.61. The van der Waals surface area contributed by atoms with Crippen molar-refractivity contribution in [1.82, 2.24) is 9.13 Å². The summed E-state index contributed by atoms with van der Waals surface area (Å²) < 4.78 is 4.43. The van der Waals surface area contributed by atoms with Crippen LogP contribution < -0.4 is 0 Å². The molecule has 0 amide bonds. The predicted molar refractivity (Wildman–Crippen MR) is 71.7 cm³/mol. The molecule has 0 bridgehead atoms. The van der Waals surface area contributed by atoms with Crippen molar-refractivity contribution in [3.05, 3.63) is 53.9 Å². The molecule has 17 heavy (non-hydrogen) atoms. The van der Waals surface area contributed by atoms with E-state index in [1.807, 2.05) is 0 Å². The average Bonchev–Trinajstić information content (AvgIpc) is 2.87. The quantitative estimate of drug-likeness (QED) is 0.598. The Hall–Kier alpha value is -1.96. The molecule has 0 aliphatic carbocycles. The summed E-state index contributed by atoms with van der Waals surface area (Å²) in [5.41, 5.74) is 5.19. The lowest BCUT2D eigenvalue weighted by Crippen LogP contribution is -2.00. The molecule has 3 rings (SSSR count). The molecule has 2 heteroatoms. The highest BCUT2D eigenvalue weighted by atomic mass is 15.1. The van der Waals surface area contributed by atoms with Gasteiger partial charge in [-0.3, -0.25) is 0 Å². The SMILES string of the molecule is Cc1cccc(-n2ccc3ccn(C)c32)c1C. The highest BCUT2D eigenvalue weighted by molar-refractivity contribution is 5.80. The Balaban J connectivity index is 2.34. The third-order valence-corrected chi connectivity index (χ3v) is 3.54. The van der Waals surface area contributed by atoms with Gasteiger partial charge in [-0.2, -0.15) is 0 Å². The Morgan fingerprint density at radius 3 is 2.53 bits per heavy atom. The fourth-order valence-corrected chi connectivity index (χ4v) is 2.40. The van der Waals surface area contributed by atoms with E-state index in [1.54, 1.807) is 0 Å². The molecule has 0 fully saturated rings. The summed E-state index contributed by atoms with van der Waals surface area (Å²) in [6.07, 6.45) is 4.25. The van der Waals surface area contributed by atoms with Gasteiger partial charge in [-0.1, -0.05) is 12.1 Å². The van der Waals surface area contributed by atoms with Crippen LogP contribution in [0.2, 0.25) is 0 Å². The molecule has 1 aromatic carbocycles. The fourth-order valence-electron chi connectivity index (χ4n) is 2.40. The van der Waals surface area contributed by atoms with Crippen LogP contribution in [0.15, 0.2) is 42.7 Å². The first-order chi connectivity index (χ1) is 8.18. The van der Waals surface area contributed by atoms with Gasteiger partial charge in [0.2, 0.25) is 0 Å². The van der Waals surface area contributed by atoms with E-state index >= 15 is 0 Å². The van der Waals surface area contributed by atoms with E-state index in [9.17, 15) is 0 Å². The van der Waals surface area contributed by atoms with Gasteiger partial charge in [0, 0.05) is 24.8 Å². The molecule has 0 aliphatic rings. The van der Waals surface area contributed by atoms with Crippen LogP contribution >= 0.6 is 0 Å². The Morgan fingerprint density at radius 1 is 0.941 bits per heavy atom. The van der Waals surface area contributed by atoms with E-state index < -0.39 is 0 Å². The molecular formula is C15H16N2. The zero-order valence-corrected chi connectivity index (χ0v) is 10.4. The molecule has 0 saturated carbocycles. The minimum Gasteiger partial charge on any atom is -0.337 e. The van der Waals surface area contributed by atoms with E-state index in [2.05, 4.69) is 72.8 Å². The number of nitrogens with zero attached hydrogens (tertiary/aromatic N) is 2. The largest absolute Gasteiger partial charge is 0.337 e. The number of hydrogen-bond acceptors (Lipinski definition) is 0. The van der Waals surface area contributed by atoms with Gasteiger partial charge in [0.05, 0.1) is 5.69 Å². The summed E-state index contributed by atoms with van der Waals surface area (Å²) in [7, 11) is 2.09. The molecule has 0 radical (unpaired) electrons. The molecule has 0 saturated heterocycles. The van der Waals surface area contributed by atoms with Crippen molar-refractivity contribution in [3.63, 3.8) is 0 Å². The van der Waals surface area contributed by atoms with Gasteiger partial charge in [-0.05, 0) is 43.2 Å². The molecule has 2 aromatic heterocycles. The molecule has 0 spiro atoms. The number of rotatable bonds is 1. The summed E-state index contributed by atoms with van der Waals surface area (Å²) in [6.45, 7) is 4.34. The monoisotopic (exact) mass is 224 g/mol. The van der Waals surface area contributed by atoms with Crippen molar-refractivity contribution in [2.45, 2.75) is 13.8 Å². The fraction of sp³-hybridized carbons (Fsp3) is 0.200. The normalized spacial score (nSPS) is 11.2. The Morgan fingerprint density at radius 2 is 1.71 bits per heavy atom. The first kappa shape index (κ1) is 10.2. The summed E-state index contributed by atoms with van der Waals surface area (Å²) in [4.78, 5) is 0. The molecule has 0 N–H and O–H groups in total. The minimum absolute atomic E-state index is 1.25. The highest BCUT2D eigenvalue weighted by Crippen LogP contribution is 2.24. The second-order valence-electron chi connectivity index (χ2n) is 4.61. The van der Waals surface area contributed by atoms with Crippen LogP contribution in [0.5, 0.6) is 0 Å². The lowest BCUT2D eigenvalue weighted by molar-refractivity contribution is 0.914. The molecule has 0 unspecified atom stereocenters. The number of benzene rings is 1. The molecule has 2 nitrogen and oxygen atoms in total. The van der Waals surface area contributed by atoms with Crippen molar-refractivity contribution in [3.8, 4) is 5.69 Å². The summed E-state index contributed by atoms with van der Waals surface area (Å²) in [5.74, 6) is 0. The average molecular weight is 224 g/mol. The van der Waals surface area contributed by atoms with E-state index in [4.69, 9.17) is 0 Å². The third kappa shape index (κ3) is 1.41. The molecule has 2 heterocycles. The van der Waals surface area contributed by atoms with Gasteiger partial charge in [-0.25, -0.2) is 0 Å². The molecular weight excluding hydrogens is 208 g/mol. The van der Waals surface area contributed by atoms with Gasteiger partial charge in [0.1, 0.15) is 5.65 Å². The topological polar surface area (TPSA) is 9.86 Å². The van der Waals surface area contributed by atoms with Crippen LogP contribution in [-0.4, -0.2) is 9.13 Å². The standard InChI is InChI=1S/C15H16N2/c1-11-5-4-6-14(12(11)2)17-10-8-13-7-9-16(3)15(13)17/h4-10H,1-3H3. The number of fused-ring (bicyclic) bond motifs is 1. The van der Waals surface area contributed by atoms with E-state index in [-0.39, 0.29) is 0 Å². The van der Waals surface area contributed by atoms with E-state index in [1.165, 1.54) is 27.8 Å². The maximum absolute atomic E-state index is 2.26. The second kappa shape index (κ2) is 3.52. The summed E-state index contributed by atoms with van der Waals surface area (Å²) in [6, 6.07) is 10.8. The van der Waals surface area contributed by atoms with Gasteiger partial charge >= 0.3 is 0 Å². The summed E-state index contributed by atoms with van der Waals surface area (Å²) >= 11 is 0. The smallest absolute Gasteiger partial charge is 0.124 e. The predicted octanol–water partition coefficient (Wildman–Crippen LogP) is 3.59. The van der Waals surface area contributed by atoms with Crippen molar-refractivity contribution >= 4 is 11.0 Å². The van der Waals surface area contributed by atoms with Crippen LogP contribution in [0, 0.1) is 13.8 Å². The minimum atomic E-state index is 1.25. The molecule has 0 atom stereocenters. The summed E-state index contributed by atoms with van der Waals surface area (Å²) in [5, 5.41) is 1.29. The van der Waals surface area contributed by atoms with Crippen LogP contribution in [0.4, 0.5) is 0 Å². The molecule has 0 aliphatic heterocycles. The van der Waals surface area contributed by atoms with E-state index in [0.717, 1.165) is 0 Å². The highest BCUT2D eigenvalue weighted by Gasteiger charge is 2.08. The maximum Gasteiger partial charge on any atom is 0.124 e. The number of aryl methyl sites for hydroxylation is 2. The van der Waals surface area contributed by atoms with Crippen LogP contribution in [0.25, 0.3) is 16.7 Å². The van der Waals surface area contributed by atoms with Gasteiger partial charge in [0.25, 0.3) is 0 Å². The lowest BCUT2D eigenvalue weighted by Gasteiger charge is -2.11. The first-order valence-electron chi connectivity index (χ1n) is 5.87. The third-order valence-electron chi connectivity index (χ3n) is 3.54. The van der Waals surface area contributed by atoms with Gasteiger partial charge in [-0.15, -0.1) is 0 Å². The Kier molecular flexibility index (Phi) is 2.11. The molecule has 86 valence electrons. The number of aromatic nitrogens is 2. The van der Waals surface area contributed by atoms with Crippen molar-refractivity contribution in [1.29, 1.82) is 0 Å². The van der Waals surface area contributed by atoms with Crippen molar-refractivity contribution in [2.75, 3.05) is 0 Å². The lowest BCUT2D eigenvalue weighted by atomic mass is 10.1. The first-order valence-corrected chi connectivity index (χ1v) is 5.87. The van der Waals surface area contributed by atoms with Gasteiger partial charge < -0.3 is 9.13 Å². The Bertz CT molecular complexity index is 686. The van der Waals surface area contributed by atoms with Crippen LogP contribution in [0.1, 0.15) is 11.1 Å². The van der Waals surface area contributed by atoms with Gasteiger partial charge in [0.15, 0.2) is 0 Å². The van der Waals surface area contributed by atoms with Crippen LogP contribution in [0.3, 0.4) is 0 Å². The molecule has 3 aromatic rings. The maximum atomic E-state index is 2.26. The zero-order valence-electron chi connectivity index (χ0n) is 10.4. The Labute approximate surface area is 101 Å².